The van der Waals surface area contributed by atoms with Crippen LogP contribution in [0.15, 0.2) is 54.4 Å². The molecule has 0 aliphatic rings. The van der Waals surface area contributed by atoms with Crippen molar-refractivity contribution >= 4 is 17.9 Å². The van der Waals surface area contributed by atoms with E-state index in [1.165, 1.54) is 0 Å². The molecule has 0 atom stereocenters. The average molecular weight is 370 g/mol. The standard InChI is InChI=1S/C21H26N2O4/c1-4-25-19(21(24)26-5-2)16-17-9-11-18(12-10-17)27-15-14-23(3)20-8-6-7-13-22-20/h6-13,16H,4-5,14-15H2,1-3H3. The molecule has 1 heterocycles. The molecular weight excluding hydrogens is 344 g/mol. The molecule has 0 saturated heterocycles. The molecule has 0 aliphatic heterocycles. The molecular formula is C21H26N2O4. The third-order valence-electron chi connectivity index (χ3n) is 3.69. The second kappa shape index (κ2) is 10.9. The number of pyridine rings is 1. The number of rotatable bonds is 10. The minimum absolute atomic E-state index is 0.199. The molecule has 0 bridgehead atoms. The van der Waals surface area contributed by atoms with Gasteiger partial charge in [-0.2, -0.15) is 0 Å². The Labute approximate surface area is 160 Å². The Morgan fingerprint density at radius 2 is 1.81 bits per heavy atom. The van der Waals surface area contributed by atoms with Gasteiger partial charge < -0.3 is 19.1 Å². The summed E-state index contributed by atoms with van der Waals surface area (Å²) < 4.78 is 16.1. The SMILES string of the molecule is CCOC(=O)C(=Cc1ccc(OCCN(C)c2ccccn2)cc1)OCC. The normalized spacial score (nSPS) is 11.0. The summed E-state index contributed by atoms with van der Waals surface area (Å²) in [7, 11) is 1.98. The van der Waals surface area contributed by atoms with Gasteiger partial charge in [-0.3, -0.25) is 0 Å². The maximum Gasteiger partial charge on any atom is 0.373 e. The van der Waals surface area contributed by atoms with Gasteiger partial charge in [0.05, 0.1) is 19.8 Å². The molecule has 1 aromatic heterocycles. The van der Waals surface area contributed by atoms with E-state index in [0.717, 1.165) is 23.7 Å². The van der Waals surface area contributed by atoms with Gasteiger partial charge in [-0.1, -0.05) is 18.2 Å². The van der Waals surface area contributed by atoms with Crippen molar-refractivity contribution in [3.8, 4) is 5.75 Å². The summed E-state index contributed by atoms with van der Waals surface area (Å²) in [6.07, 6.45) is 3.44. The smallest absolute Gasteiger partial charge is 0.373 e. The van der Waals surface area contributed by atoms with E-state index in [2.05, 4.69) is 4.98 Å². The van der Waals surface area contributed by atoms with Crippen LogP contribution in [0.3, 0.4) is 0 Å². The van der Waals surface area contributed by atoms with Crippen molar-refractivity contribution in [3.05, 3.63) is 60.0 Å². The van der Waals surface area contributed by atoms with E-state index in [4.69, 9.17) is 14.2 Å². The average Bonchev–Trinajstić information content (AvgIpc) is 2.69. The molecule has 0 fully saturated rings. The van der Waals surface area contributed by atoms with Gasteiger partial charge in [0.1, 0.15) is 18.2 Å². The van der Waals surface area contributed by atoms with Crippen LogP contribution < -0.4 is 9.64 Å². The van der Waals surface area contributed by atoms with Crippen LogP contribution in [-0.2, 0) is 14.3 Å². The Hall–Kier alpha value is -3.02. The number of anilines is 1. The number of nitrogens with zero attached hydrogens (tertiary/aromatic N) is 2. The van der Waals surface area contributed by atoms with Crippen LogP contribution in [0.2, 0.25) is 0 Å². The minimum atomic E-state index is -0.461. The number of aromatic nitrogens is 1. The summed E-state index contributed by atoms with van der Waals surface area (Å²) in [5.74, 6) is 1.40. The quantitative estimate of drug-likeness (QED) is 0.362. The molecule has 0 radical (unpaired) electrons. The fourth-order valence-electron chi connectivity index (χ4n) is 2.32. The maximum atomic E-state index is 11.9. The van der Waals surface area contributed by atoms with E-state index in [1.54, 1.807) is 19.2 Å². The first kappa shape index (κ1) is 20.3. The fourth-order valence-corrected chi connectivity index (χ4v) is 2.32. The van der Waals surface area contributed by atoms with Gasteiger partial charge in [-0.25, -0.2) is 9.78 Å². The molecule has 0 unspecified atom stereocenters. The van der Waals surface area contributed by atoms with Crippen molar-refractivity contribution in [2.24, 2.45) is 0 Å². The predicted octanol–water partition coefficient (Wildman–Crippen LogP) is 3.54. The summed E-state index contributed by atoms with van der Waals surface area (Å²) in [5, 5.41) is 0. The lowest BCUT2D eigenvalue weighted by atomic mass is 10.2. The van der Waals surface area contributed by atoms with Crippen LogP contribution in [0.5, 0.6) is 5.75 Å². The molecule has 0 amide bonds. The number of benzene rings is 1. The van der Waals surface area contributed by atoms with Gasteiger partial charge in [0, 0.05) is 13.2 Å². The van der Waals surface area contributed by atoms with Crippen LogP contribution in [0, 0.1) is 0 Å². The van der Waals surface area contributed by atoms with Gasteiger partial charge in [0.15, 0.2) is 0 Å². The topological polar surface area (TPSA) is 60.9 Å². The number of hydrogen-bond acceptors (Lipinski definition) is 6. The van der Waals surface area contributed by atoms with Crippen molar-refractivity contribution < 1.29 is 19.0 Å². The van der Waals surface area contributed by atoms with Crippen LogP contribution in [0.1, 0.15) is 19.4 Å². The fraction of sp³-hybridized carbons (Fsp3) is 0.333. The first-order valence-electron chi connectivity index (χ1n) is 9.00. The Bertz CT molecular complexity index is 730. The summed E-state index contributed by atoms with van der Waals surface area (Å²) in [4.78, 5) is 18.2. The molecule has 27 heavy (non-hydrogen) atoms. The Morgan fingerprint density at radius 1 is 1.07 bits per heavy atom. The molecule has 0 spiro atoms. The number of carbonyl (C=O) groups is 1. The second-order valence-corrected chi connectivity index (χ2v) is 5.69. The lowest BCUT2D eigenvalue weighted by molar-refractivity contribution is -0.142. The summed E-state index contributed by atoms with van der Waals surface area (Å²) in [5.41, 5.74) is 0.837. The highest BCUT2D eigenvalue weighted by Crippen LogP contribution is 2.16. The third kappa shape index (κ3) is 6.66. The number of ether oxygens (including phenoxy) is 3. The number of carbonyl (C=O) groups excluding carboxylic acids is 1. The Kier molecular flexibility index (Phi) is 8.16. The second-order valence-electron chi connectivity index (χ2n) is 5.69. The van der Waals surface area contributed by atoms with Crippen LogP contribution in [0.4, 0.5) is 5.82 Å². The molecule has 0 saturated carbocycles. The molecule has 1 aromatic carbocycles. The van der Waals surface area contributed by atoms with Crippen molar-refractivity contribution in [1.29, 1.82) is 0 Å². The van der Waals surface area contributed by atoms with E-state index in [-0.39, 0.29) is 5.76 Å². The Balaban J connectivity index is 1.90. The van der Waals surface area contributed by atoms with Crippen LogP contribution >= 0.6 is 0 Å². The van der Waals surface area contributed by atoms with E-state index < -0.39 is 5.97 Å². The molecule has 144 valence electrons. The molecule has 6 heteroatoms. The summed E-state index contributed by atoms with van der Waals surface area (Å²) in [6.45, 7) is 5.55. The van der Waals surface area contributed by atoms with Crippen molar-refractivity contribution in [1.82, 2.24) is 4.98 Å². The highest BCUT2D eigenvalue weighted by atomic mass is 16.6. The van der Waals surface area contributed by atoms with Crippen LogP contribution in [0.25, 0.3) is 6.08 Å². The van der Waals surface area contributed by atoms with Gasteiger partial charge in [0.2, 0.25) is 5.76 Å². The zero-order chi connectivity index (χ0) is 19.5. The zero-order valence-corrected chi connectivity index (χ0v) is 16.1. The van der Waals surface area contributed by atoms with E-state index in [0.29, 0.717) is 19.8 Å². The van der Waals surface area contributed by atoms with Crippen molar-refractivity contribution in [2.75, 3.05) is 38.3 Å². The Morgan fingerprint density at radius 3 is 2.44 bits per heavy atom. The highest BCUT2D eigenvalue weighted by molar-refractivity contribution is 5.91. The lowest BCUT2D eigenvalue weighted by Gasteiger charge is -2.18. The number of hydrogen-bond donors (Lipinski definition) is 0. The van der Waals surface area contributed by atoms with E-state index in [1.807, 2.05) is 61.3 Å². The van der Waals surface area contributed by atoms with Crippen molar-refractivity contribution in [2.45, 2.75) is 13.8 Å². The van der Waals surface area contributed by atoms with Gasteiger partial charge in [-0.15, -0.1) is 0 Å². The monoisotopic (exact) mass is 370 g/mol. The summed E-state index contributed by atoms with van der Waals surface area (Å²) in [6, 6.07) is 13.3. The van der Waals surface area contributed by atoms with Crippen LogP contribution in [-0.4, -0.2) is 44.4 Å². The molecule has 2 aromatic rings. The molecule has 0 N–H and O–H groups in total. The summed E-state index contributed by atoms with van der Waals surface area (Å²) >= 11 is 0. The van der Waals surface area contributed by atoms with Gasteiger partial charge in [-0.05, 0) is 49.8 Å². The van der Waals surface area contributed by atoms with Gasteiger partial charge in [0.25, 0.3) is 0 Å². The largest absolute Gasteiger partial charge is 0.492 e. The minimum Gasteiger partial charge on any atom is -0.492 e. The lowest BCUT2D eigenvalue weighted by Crippen LogP contribution is -2.24. The van der Waals surface area contributed by atoms with E-state index >= 15 is 0 Å². The molecule has 0 aliphatic carbocycles. The predicted molar refractivity (Wildman–Crippen MR) is 106 cm³/mol. The molecule has 6 nitrogen and oxygen atoms in total. The van der Waals surface area contributed by atoms with Crippen molar-refractivity contribution in [3.63, 3.8) is 0 Å². The zero-order valence-electron chi connectivity index (χ0n) is 16.1. The highest BCUT2D eigenvalue weighted by Gasteiger charge is 2.11. The number of likely N-dealkylation sites (N-methyl/N-ethyl adjacent to an activating group) is 1. The molecule has 2 rings (SSSR count). The van der Waals surface area contributed by atoms with Gasteiger partial charge >= 0.3 is 5.97 Å². The maximum absolute atomic E-state index is 11.9. The first-order chi connectivity index (χ1) is 13.1. The van der Waals surface area contributed by atoms with E-state index in [9.17, 15) is 4.79 Å². The third-order valence-corrected chi connectivity index (χ3v) is 3.69. The number of esters is 1. The first-order valence-corrected chi connectivity index (χ1v) is 9.00.